The summed E-state index contributed by atoms with van der Waals surface area (Å²) in [6, 6.07) is 0. The molecule has 47 heavy (non-hydrogen) atoms. The molecule has 1 amide bonds. The number of carbonyl (C=O) groups excluding carboxylic acids is 2. The molecular formula is C38H61NO7S. The summed E-state index contributed by atoms with van der Waals surface area (Å²) in [5.41, 5.74) is -0.319. The minimum atomic E-state index is -3.67. The van der Waals surface area contributed by atoms with E-state index in [1.165, 1.54) is 0 Å². The number of fused-ring (bicyclic) bond motifs is 7. The lowest BCUT2D eigenvalue weighted by atomic mass is 9.32. The number of sulfonamides is 1. The molecule has 0 unspecified atom stereocenters. The number of ether oxygens (including phenoxy) is 1. The number of hydrogen-bond acceptors (Lipinski definition) is 6. The Labute approximate surface area is 283 Å². The van der Waals surface area contributed by atoms with Crippen molar-refractivity contribution in [3.8, 4) is 0 Å². The van der Waals surface area contributed by atoms with Crippen molar-refractivity contribution >= 4 is 27.9 Å². The van der Waals surface area contributed by atoms with Gasteiger partial charge >= 0.3 is 11.9 Å². The summed E-state index contributed by atoms with van der Waals surface area (Å²) < 4.78 is 33.2. The van der Waals surface area contributed by atoms with Gasteiger partial charge < -0.3 is 9.84 Å². The van der Waals surface area contributed by atoms with Crippen molar-refractivity contribution in [2.24, 2.45) is 62.1 Å². The molecule has 0 aliphatic heterocycles. The number of aliphatic carboxylic acids is 1. The van der Waals surface area contributed by atoms with E-state index in [2.05, 4.69) is 52.8 Å². The second kappa shape index (κ2) is 11.6. The normalized spacial score (nSPS) is 42.6. The number of esters is 1. The first-order chi connectivity index (χ1) is 21.4. The number of rotatable bonds is 8. The second-order valence-corrected chi connectivity index (χ2v) is 20.5. The van der Waals surface area contributed by atoms with E-state index in [0.29, 0.717) is 30.6 Å². The first-order valence-corrected chi connectivity index (χ1v) is 19.9. The van der Waals surface area contributed by atoms with E-state index in [1.54, 1.807) is 0 Å². The van der Waals surface area contributed by atoms with Crippen LogP contribution in [-0.2, 0) is 29.1 Å². The van der Waals surface area contributed by atoms with Crippen LogP contribution in [0.1, 0.15) is 132 Å². The van der Waals surface area contributed by atoms with Crippen LogP contribution in [0.2, 0.25) is 0 Å². The molecule has 0 heterocycles. The predicted molar refractivity (Wildman–Crippen MR) is 182 cm³/mol. The van der Waals surface area contributed by atoms with Gasteiger partial charge in [-0.05, 0) is 122 Å². The SMILES string of the molecule is C=C(C)[C@@H]1CC[C@]2(C(=O)NS(C)(=O)=O)CC[C@]3(C)[C@H](CC[C@@H]4[C@@]5(C)CC[C@H](OC(=O)CC(C)(C)CC(=O)O)C(C)(C)[C@@H]5CC[C@]43C)[C@@H]12. The molecule has 5 rings (SSSR count). The summed E-state index contributed by atoms with van der Waals surface area (Å²) in [6.07, 6.45) is 10.1. The smallest absolute Gasteiger partial charge is 0.306 e. The molecule has 0 bridgehead atoms. The zero-order valence-electron chi connectivity index (χ0n) is 30.5. The van der Waals surface area contributed by atoms with Crippen molar-refractivity contribution in [1.29, 1.82) is 0 Å². The van der Waals surface area contributed by atoms with E-state index >= 15 is 0 Å². The van der Waals surface area contributed by atoms with Crippen LogP contribution < -0.4 is 4.72 Å². The Balaban J connectivity index is 1.42. The third-order valence-electron chi connectivity index (χ3n) is 15.3. The Morgan fingerprint density at radius 1 is 0.872 bits per heavy atom. The summed E-state index contributed by atoms with van der Waals surface area (Å²) in [7, 11) is -3.67. The van der Waals surface area contributed by atoms with Crippen LogP contribution in [0.15, 0.2) is 12.2 Å². The molecule has 0 saturated heterocycles. The number of nitrogens with one attached hydrogen (secondary N) is 1. The van der Waals surface area contributed by atoms with Gasteiger partial charge in [0.15, 0.2) is 0 Å². The van der Waals surface area contributed by atoms with Gasteiger partial charge in [0, 0.05) is 5.41 Å². The number of carboxylic acid groups (broad SMARTS) is 1. The maximum Gasteiger partial charge on any atom is 0.306 e. The van der Waals surface area contributed by atoms with Crippen LogP contribution in [-0.4, -0.2) is 43.7 Å². The van der Waals surface area contributed by atoms with E-state index in [0.717, 1.165) is 63.2 Å². The first kappa shape index (κ1) is 36.4. The molecule has 0 radical (unpaired) electrons. The predicted octanol–water partition coefficient (Wildman–Crippen LogP) is 7.52. The van der Waals surface area contributed by atoms with Crippen molar-refractivity contribution in [3.05, 3.63) is 12.2 Å². The fraction of sp³-hybridized carbons (Fsp3) is 0.868. The molecule has 9 heteroatoms. The van der Waals surface area contributed by atoms with Crippen molar-refractivity contribution in [2.45, 2.75) is 139 Å². The maximum absolute atomic E-state index is 13.9. The quantitative estimate of drug-likeness (QED) is 0.201. The summed E-state index contributed by atoms with van der Waals surface area (Å²) >= 11 is 0. The number of allylic oxidation sites excluding steroid dienone is 1. The number of carbonyl (C=O) groups is 3. The van der Waals surface area contributed by atoms with Gasteiger partial charge in [0.1, 0.15) is 6.10 Å². The standard InChI is InChI=1S/C38H61NO7S/c1-23(2)24-13-18-38(32(43)39-47(10,44)45)20-19-36(8)25(31(24)38)11-12-27-35(7)16-15-28(34(5,6)26(35)14-17-37(27,36)9)46-30(42)22-33(3,4)21-29(40)41/h24-28,31H,1,11-22H2,2-10H3,(H,39,43)(H,40,41)/t24-,25+,26-,27+,28-,31+,35-,36+,37+,38-/m0/s1. The Hall–Kier alpha value is -1.90. The molecule has 5 fully saturated rings. The van der Waals surface area contributed by atoms with E-state index in [9.17, 15) is 27.9 Å². The minimum absolute atomic E-state index is 0.00462. The molecule has 5 aliphatic rings. The molecule has 5 saturated carbocycles. The molecule has 8 nitrogen and oxygen atoms in total. The highest BCUT2D eigenvalue weighted by Crippen LogP contribution is 2.77. The molecule has 0 spiro atoms. The highest BCUT2D eigenvalue weighted by Gasteiger charge is 2.72. The first-order valence-electron chi connectivity index (χ1n) is 18.0. The highest BCUT2D eigenvalue weighted by molar-refractivity contribution is 7.89. The van der Waals surface area contributed by atoms with Gasteiger partial charge in [-0.15, -0.1) is 0 Å². The Morgan fingerprint density at radius 2 is 1.53 bits per heavy atom. The van der Waals surface area contributed by atoms with Crippen LogP contribution in [0.25, 0.3) is 0 Å². The molecule has 5 aliphatic carbocycles. The van der Waals surface area contributed by atoms with Gasteiger partial charge in [-0.2, -0.15) is 0 Å². The van der Waals surface area contributed by atoms with Crippen LogP contribution in [0, 0.1) is 62.1 Å². The summed E-state index contributed by atoms with van der Waals surface area (Å²) in [5, 5.41) is 9.29. The van der Waals surface area contributed by atoms with Crippen LogP contribution in [0.3, 0.4) is 0 Å². The van der Waals surface area contributed by atoms with Crippen LogP contribution >= 0.6 is 0 Å². The van der Waals surface area contributed by atoms with Crippen LogP contribution in [0.5, 0.6) is 0 Å². The zero-order valence-corrected chi connectivity index (χ0v) is 31.3. The molecule has 0 aromatic carbocycles. The van der Waals surface area contributed by atoms with E-state index in [4.69, 9.17) is 4.74 Å². The lowest BCUT2D eigenvalue weighted by Crippen LogP contribution is -2.67. The van der Waals surface area contributed by atoms with Gasteiger partial charge in [0.25, 0.3) is 0 Å². The third kappa shape index (κ3) is 5.80. The lowest BCUT2D eigenvalue weighted by Gasteiger charge is -2.72. The molecule has 2 N–H and O–H groups in total. The number of carboxylic acids is 1. The fourth-order valence-electron chi connectivity index (χ4n) is 13.1. The largest absolute Gasteiger partial charge is 0.481 e. The Kier molecular flexibility index (Phi) is 8.97. The highest BCUT2D eigenvalue weighted by atomic mass is 32.2. The molecular weight excluding hydrogens is 614 g/mol. The van der Waals surface area contributed by atoms with Gasteiger partial charge in [-0.1, -0.05) is 60.6 Å². The monoisotopic (exact) mass is 675 g/mol. The van der Waals surface area contributed by atoms with Gasteiger partial charge in [-0.3, -0.25) is 19.1 Å². The van der Waals surface area contributed by atoms with Gasteiger partial charge in [0.2, 0.25) is 15.9 Å². The number of amides is 1. The van der Waals surface area contributed by atoms with E-state index in [1.807, 2.05) is 13.8 Å². The molecule has 10 atom stereocenters. The molecule has 266 valence electrons. The summed E-state index contributed by atoms with van der Waals surface area (Å²) in [5.74, 6) is -0.0456. The van der Waals surface area contributed by atoms with Crippen LogP contribution in [0.4, 0.5) is 0 Å². The van der Waals surface area contributed by atoms with Crippen molar-refractivity contribution in [3.63, 3.8) is 0 Å². The fourth-order valence-corrected chi connectivity index (χ4v) is 13.6. The second-order valence-electron chi connectivity index (χ2n) is 18.8. The summed E-state index contributed by atoms with van der Waals surface area (Å²) in [4.78, 5) is 38.4. The Morgan fingerprint density at radius 3 is 2.13 bits per heavy atom. The average molecular weight is 676 g/mol. The minimum Gasteiger partial charge on any atom is -0.481 e. The van der Waals surface area contributed by atoms with E-state index < -0.39 is 26.8 Å². The zero-order chi connectivity index (χ0) is 35.2. The molecule has 0 aromatic heterocycles. The number of hydrogen-bond donors (Lipinski definition) is 2. The van der Waals surface area contributed by atoms with Gasteiger partial charge in [0.05, 0.1) is 24.5 Å². The summed E-state index contributed by atoms with van der Waals surface area (Å²) in [6.45, 7) is 22.2. The van der Waals surface area contributed by atoms with Gasteiger partial charge in [-0.25, -0.2) is 8.42 Å². The lowest BCUT2D eigenvalue weighted by molar-refractivity contribution is -0.249. The van der Waals surface area contributed by atoms with Crippen molar-refractivity contribution < 1.29 is 32.6 Å². The van der Waals surface area contributed by atoms with Crippen molar-refractivity contribution in [1.82, 2.24) is 4.72 Å². The Bertz CT molecular complexity index is 1430. The molecule has 0 aromatic rings. The maximum atomic E-state index is 13.9. The van der Waals surface area contributed by atoms with E-state index in [-0.39, 0.29) is 64.3 Å². The topological polar surface area (TPSA) is 127 Å². The third-order valence-corrected chi connectivity index (χ3v) is 15.8. The average Bonchev–Trinajstić information content (AvgIpc) is 3.30. The van der Waals surface area contributed by atoms with Crippen molar-refractivity contribution in [2.75, 3.05) is 6.26 Å².